The van der Waals surface area contributed by atoms with Crippen molar-refractivity contribution in [2.45, 2.75) is 52.4 Å². The number of halogens is 1. The maximum absolute atomic E-state index is 3.78. The molecule has 0 radical (unpaired) electrons. The molecule has 0 amide bonds. The fourth-order valence-electron chi connectivity index (χ4n) is 6.60. The molecule has 0 unspecified atom stereocenters. The first-order valence-electron chi connectivity index (χ1n) is 14.8. The minimum atomic E-state index is -0.0549. The summed E-state index contributed by atoms with van der Waals surface area (Å²) in [4.78, 5) is 5.10. The van der Waals surface area contributed by atoms with Crippen LogP contribution in [0.1, 0.15) is 52.7 Å². The summed E-state index contributed by atoms with van der Waals surface area (Å²) >= 11 is 3.78. The van der Waals surface area contributed by atoms with Crippen LogP contribution in [0, 0.1) is 0 Å². The van der Waals surface area contributed by atoms with Crippen LogP contribution in [-0.4, -0.2) is 6.98 Å². The lowest BCUT2D eigenvalue weighted by Crippen LogP contribution is -2.61. The van der Waals surface area contributed by atoms with E-state index in [1.807, 2.05) is 0 Å². The highest BCUT2D eigenvalue weighted by Crippen LogP contribution is 2.49. The second-order valence-electron chi connectivity index (χ2n) is 13.7. The number of hydrogen-bond donors (Lipinski definition) is 0. The lowest BCUT2D eigenvalue weighted by Gasteiger charge is -2.47. The predicted molar refractivity (Wildman–Crippen MR) is 185 cm³/mol. The van der Waals surface area contributed by atoms with Crippen molar-refractivity contribution >= 4 is 51.1 Å². The average molecular weight is 611 g/mol. The van der Waals surface area contributed by atoms with Crippen molar-refractivity contribution in [2.24, 2.45) is 0 Å². The van der Waals surface area contributed by atoms with Gasteiger partial charge in [-0.05, 0) is 87.1 Å². The highest BCUT2D eigenvalue weighted by Gasteiger charge is 2.46. The van der Waals surface area contributed by atoms with E-state index in [0.717, 1.165) is 4.47 Å². The monoisotopic (exact) mass is 610 g/mol. The van der Waals surface area contributed by atoms with E-state index in [2.05, 4.69) is 176 Å². The minimum Gasteiger partial charge on any atom is -0.361 e. The molecular weight excluding hydrogens is 575 g/mol. The molecule has 0 bridgehead atoms. The second-order valence-corrected chi connectivity index (χ2v) is 14.6. The maximum Gasteiger partial charge on any atom is 0.421 e. The molecule has 0 fully saturated rings. The van der Waals surface area contributed by atoms with Gasteiger partial charge in [-0.1, -0.05) is 118 Å². The number of nitrogens with zero attached hydrogens (tertiary/aromatic N) is 2. The molecule has 0 aromatic heterocycles. The topological polar surface area (TPSA) is 6.48 Å². The zero-order valence-corrected chi connectivity index (χ0v) is 26.8. The van der Waals surface area contributed by atoms with Crippen LogP contribution in [-0.2, 0) is 10.8 Å². The highest BCUT2D eigenvalue weighted by molar-refractivity contribution is 9.10. The Balaban J connectivity index is 1.52. The van der Waals surface area contributed by atoms with Gasteiger partial charge in [0.15, 0.2) is 0 Å². The summed E-state index contributed by atoms with van der Waals surface area (Å²) in [5.74, 6) is 0. The van der Waals surface area contributed by atoms with E-state index in [1.165, 1.54) is 61.6 Å². The zero-order valence-electron chi connectivity index (χ0n) is 25.2. The van der Waals surface area contributed by atoms with Crippen molar-refractivity contribution in [3.63, 3.8) is 0 Å². The van der Waals surface area contributed by atoms with Crippen LogP contribution in [0.15, 0.2) is 114 Å². The third kappa shape index (κ3) is 4.31. The molecule has 0 spiro atoms. The van der Waals surface area contributed by atoms with Gasteiger partial charge >= 0.3 is 6.98 Å². The summed E-state index contributed by atoms with van der Waals surface area (Å²) in [5.41, 5.74) is 14.2. The molecule has 5 aromatic carbocycles. The van der Waals surface area contributed by atoms with E-state index in [-0.39, 0.29) is 17.8 Å². The smallest absolute Gasteiger partial charge is 0.361 e. The molecule has 7 rings (SSSR count). The molecule has 208 valence electrons. The van der Waals surface area contributed by atoms with Gasteiger partial charge in [-0.25, -0.2) is 0 Å². The summed E-state index contributed by atoms with van der Waals surface area (Å²) in [6.45, 7) is 13.6. The van der Waals surface area contributed by atoms with Gasteiger partial charge in [0, 0.05) is 38.3 Å². The third-order valence-corrected chi connectivity index (χ3v) is 9.33. The van der Waals surface area contributed by atoms with E-state index in [9.17, 15) is 0 Å². The van der Waals surface area contributed by atoms with Crippen molar-refractivity contribution in [3.05, 3.63) is 125 Å². The molecule has 2 heterocycles. The zero-order chi connectivity index (χ0) is 29.4. The van der Waals surface area contributed by atoms with Gasteiger partial charge in [0.2, 0.25) is 0 Å². The third-order valence-electron chi connectivity index (χ3n) is 8.84. The molecule has 0 saturated heterocycles. The number of para-hydroxylation sites is 1. The van der Waals surface area contributed by atoms with Gasteiger partial charge in [0.25, 0.3) is 0 Å². The van der Waals surface area contributed by atoms with Crippen molar-refractivity contribution in [1.82, 2.24) is 0 Å². The molecular formula is C38H36BBrN2. The summed E-state index contributed by atoms with van der Waals surface area (Å²) in [6, 6.07) is 40.9. The Morgan fingerprint density at radius 2 is 0.976 bits per heavy atom. The highest BCUT2D eigenvalue weighted by atomic mass is 79.9. The number of benzene rings is 5. The van der Waals surface area contributed by atoms with E-state index in [4.69, 9.17) is 0 Å². The van der Waals surface area contributed by atoms with Gasteiger partial charge in [0.05, 0.1) is 0 Å². The van der Waals surface area contributed by atoms with Crippen LogP contribution in [0.25, 0.3) is 22.3 Å². The van der Waals surface area contributed by atoms with Crippen molar-refractivity contribution < 1.29 is 0 Å². The lowest BCUT2D eigenvalue weighted by atomic mass is 9.53. The Morgan fingerprint density at radius 3 is 1.52 bits per heavy atom. The van der Waals surface area contributed by atoms with Gasteiger partial charge in [-0.3, -0.25) is 0 Å². The summed E-state index contributed by atoms with van der Waals surface area (Å²) in [7, 11) is 0. The summed E-state index contributed by atoms with van der Waals surface area (Å²) < 4.78 is 1.09. The van der Waals surface area contributed by atoms with Crippen LogP contribution in [0.5, 0.6) is 0 Å². The maximum atomic E-state index is 3.78. The predicted octanol–water partition coefficient (Wildman–Crippen LogP) is 10.4. The summed E-state index contributed by atoms with van der Waals surface area (Å²) in [5, 5.41) is 0. The fourth-order valence-corrected chi connectivity index (χ4v) is 6.96. The van der Waals surface area contributed by atoms with Gasteiger partial charge in [-0.15, -0.1) is 0 Å². The fraction of sp³-hybridized carbons (Fsp3) is 0.211. The van der Waals surface area contributed by atoms with E-state index < -0.39 is 0 Å². The van der Waals surface area contributed by atoms with E-state index in [0.29, 0.717) is 0 Å². The van der Waals surface area contributed by atoms with Crippen molar-refractivity contribution in [3.8, 4) is 22.3 Å². The first-order chi connectivity index (χ1) is 20.0. The first-order valence-corrected chi connectivity index (χ1v) is 15.6. The average Bonchev–Trinajstić information content (AvgIpc) is 2.97. The molecule has 42 heavy (non-hydrogen) atoms. The van der Waals surface area contributed by atoms with Crippen LogP contribution < -0.4 is 15.1 Å². The Hall–Kier alpha value is -3.76. The van der Waals surface area contributed by atoms with E-state index in [1.54, 1.807) is 0 Å². The van der Waals surface area contributed by atoms with Gasteiger partial charge in [0.1, 0.15) is 0 Å². The molecule has 2 aliphatic rings. The number of fused-ring (bicyclic) bond motifs is 4. The molecule has 4 heteroatoms. The first kappa shape index (κ1) is 27.1. The van der Waals surface area contributed by atoms with Crippen molar-refractivity contribution in [1.29, 1.82) is 0 Å². The standard InChI is InChI=1S/C38H36BBrN2/c1-37(2,3)25-14-19-28(20-15-25)41-34-13-8-7-10-30(34)31-11-9-12-32-33-24-27(40)18-23-35(33)42(39(41)36(31)32)29-21-16-26(17-22-29)38(4,5)6/h7-24H,1-6H3. The lowest BCUT2D eigenvalue weighted by molar-refractivity contribution is 0.590. The second kappa shape index (κ2) is 9.64. The van der Waals surface area contributed by atoms with E-state index >= 15 is 0 Å². The molecule has 2 aliphatic heterocycles. The van der Waals surface area contributed by atoms with Crippen LogP contribution >= 0.6 is 15.9 Å². The Bertz CT molecular complexity index is 1810. The van der Waals surface area contributed by atoms with Gasteiger partial charge in [-0.2, -0.15) is 0 Å². The minimum absolute atomic E-state index is 0.0549. The van der Waals surface area contributed by atoms with Crippen LogP contribution in [0.3, 0.4) is 0 Å². The molecule has 0 saturated carbocycles. The Kier molecular flexibility index (Phi) is 6.22. The summed E-state index contributed by atoms with van der Waals surface area (Å²) in [6.07, 6.45) is 0. The quantitative estimate of drug-likeness (QED) is 0.183. The molecule has 2 nitrogen and oxygen atoms in total. The van der Waals surface area contributed by atoms with Crippen LogP contribution in [0.2, 0.25) is 0 Å². The Morgan fingerprint density at radius 1 is 0.500 bits per heavy atom. The molecule has 0 N–H and O–H groups in total. The normalized spacial score (nSPS) is 13.9. The molecule has 5 aromatic rings. The Labute approximate surface area is 259 Å². The molecule has 0 atom stereocenters. The molecule has 0 aliphatic carbocycles. The SMILES string of the molecule is CC(C)(C)c1ccc(N2B3c4c(cccc4-c4cc(Br)ccc4N3c3ccc(C(C)(C)C)cc3)-c3ccccc32)cc1. The number of hydrogen-bond acceptors (Lipinski definition) is 2. The number of anilines is 4. The van der Waals surface area contributed by atoms with Crippen LogP contribution in [0.4, 0.5) is 22.7 Å². The van der Waals surface area contributed by atoms with Crippen molar-refractivity contribution in [2.75, 3.05) is 9.62 Å². The largest absolute Gasteiger partial charge is 0.421 e. The van der Waals surface area contributed by atoms with Gasteiger partial charge < -0.3 is 9.62 Å². The number of rotatable bonds is 2.